The number of hydrogen-bond donors (Lipinski definition) is 0. The van der Waals surface area contributed by atoms with Crippen molar-refractivity contribution in [1.82, 2.24) is 0 Å². The fourth-order valence-corrected chi connectivity index (χ4v) is 0.742. The molecular weight excluding hydrogens is 177 g/mol. The van der Waals surface area contributed by atoms with Gasteiger partial charge in [0.15, 0.2) is 0 Å². The summed E-state index contributed by atoms with van der Waals surface area (Å²) in [5.41, 5.74) is 1.23. The van der Waals surface area contributed by atoms with Crippen molar-refractivity contribution < 1.29 is 24.2 Å². The Balaban J connectivity index is 0.000000810. The van der Waals surface area contributed by atoms with E-state index in [9.17, 15) is 0 Å². The van der Waals surface area contributed by atoms with Crippen molar-refractivity contribution in [3.8, 4) is 5.75 Å². The Morgan fingerprint density at radius 3 is 2.40 bits per heavy atom. The summed E-state index contributed by atoms with van der Waals surface area (Å²) >= 11 is 0. The van der Waals surface area contributed by atoms with Gasteiger partial charge in [0.05, 0.1) is 7.11 Å². The zero-order chi connectivity index (χ0) is 6.69. The molecule has 0 unspecified atom stereocenters. The molecule has 0 bridgehead atoms. The van der Waals surface area contributed by atoms with Crippen molar-refractivity contribution in [2.75, 3.05) is 7.11 Å². The van der Waals surface area contributed by atoms with Crippen LogP contribution >= 0.6 is 0 Å². The first kappa shape index (κ1) is 9.64. The van der Waals surface area contributed by atoms with E-state index in [-0.39, 0.29) is 19.5 Å². The molecule has 0 aliphatic carbocycles. The molecule has 1 nitrogen and oxygen atoms in total. The van der Waals surface area contributed by atoms with Crippen LogP contribution in [-0.2, 0) is 19.5 Å². The van der Waals surface area contributed by atoms with E-state index in [1.165, 1.54) is 5.56 Å². The number of hydrogen-bond acceptors (Lipinski definition) is 1. The Morgan fingerprint density at radius 2 is 2.00 bits per heavy atom. The van der Waals surface area contributed by atoms with Crippen LogP contribution in [0.15, 0.2) is 24.3 Å². The summed E-state index contributed by atoms with van der Waals surface area (Å²) in [5, 5.41) is 0. The number of aryl methyl sites for hydroxylation is 1. The van der Waals surface area contributed by atoms with Crippen LogP contribution in [0.3, 0.4) is 0 Å². The van der Waals surface area contributed by atoms with Gasteiger partial charge in [0.25, 0.3) is 0 Å². The van der Waals surface area contributed by atoms with Crippen LogP contribution in [0.1, 0.15) is 5.56 Å². The van der Waals surface area contributed by atoms with Crippen LogP contribution in [0.2, 0.25) is 0 Å². The minimum atomic E-state index is 0. The van der Waals surface area contributed by atoms with E-state index >= 15 is 0 Å². The van der Waals surface area contributed by atoms with Gasteiger partial charge in [0, 0.05) is 19.5 Å². The molecule has 0 radical (unpaired) electrons. The summed E-state index contributed by atoms with van der Waals surface area (Å²) in [6.07, 6.45) is 0. The summed E-state index contributed by atoms with van der Waals surface area (Å²) in [6, 6.07) is 7.96. The Kier molecular flexibility index (Phi) is 4.30. The molecule has 0 N–H and O–H groups in total. The number of benzene rings is 1. The van der Waals surface area contributed by atoms with Crippen molar-refractivity contribution in [2.24, 2.45) is 0 Å². The third-order valence-corrected chi connectivity index (χ3v) is 1.23. The van der Waals surface area contributed by atoms with E-state index < -0.39 is 0 Å². The Bertz CT molecular complexity index is 198. The molecular formula is C8H10OZn. The van der Waals surface area contributed by atoms with Gasteiger partial charge in [-0.3, -0.25) is 0 Å². The smallest absolute Gasteiger partial charge is 0.119 e. The molecule has 0 amide bonds. The van der Waals surface area contributed by atoms with Crippen LogP contribution < -0.4 is 4.74 Å². The Labute approximate surface area is 74.2 Å². The van der Waals surface area contributed by atoms with Crippen LogP contribution in [0.5, 0.6) is 5.75 Å². The summed E-state index contributed by atoms with van der Waals surface area (Å²) in [5.74, 6) is 0.926. The van der Waals surface area contributed by atoms with Crippen molar-refractivity contribution in [3.63, 3.8) is 0 Å². The van der Waals surface area contributed by atoms with Gasteiger partial charge in [-0.05, 0) is 24.6 Å². The van der Waals surface area contributed by atoms with Crippen molar-refractivity contribution in [2.45, 2.75) is 6.92 Å². The molecule has 0 atom stereocenters. The first-order chi connectivity index (χ1) is 4.33. The first-order valence-electron chi connectivity index (χ1n) is 2.93. The standard InChI is InChI=1S/C8H10O.Zn/c1-7-4-3-5-8(6-7)9-2;/h3-6H,1-2H3;. The number of methoxy groups -OCH3 is 1. The summed E-state index contributed by atoms with van der Waals surface area (Å²) in [7, 11) is 1.68. The van der Waals surface area contributed by atoms with Crippen LogP contribution in [0.4, 0.5) is 0 Å². The van der Waals surface area contributed by atoms with Crippen LogP contribution in [0, 0.1) is 6.92 Å². The minimum absolute atomic E-state index is 0. The molecule has 0 fully saturated rings. The van der Waals surface area contributed by atoms with Gasteiger partial charge in [-0.1, -0.05) is 12.1 Å². The topological polar surface area (TPSA) is 9.23 Å². The van der Waals surface area contributed by atoms with Crippen molar-refractivity contribution in [3.05, 3.63) is 29.8 Å². The molecule has 0 saturated heterocycles. The zero-order valence-corrected chi connectivity index (χ0v) is 9.39. The second-order valence-corrected chi connectivity index (χ2v) is 2.02. The number of rotatable bonds is 1. The summed E-state index contributed by atoms with van der Waals surface area (Å²) < 4.78 is 5.00. The minimum Gasteiger partial charge on any atom is -0.497 e. The molecule has 1 aromatic carbocycles. The van der Waals surface area contributed by atoms with E-state index in [0.29, 0.717) is 0 Å². The van der Waals surface area contributed by atoms with E-state index in [0.717, 1.165) is 5.75 Å². The van der Waals surface area contributed by atoms with Gasteiger partial charge >= 0.3 is 0 Å². The van der Waals surface area contributed by atoms with E-state index in [4.69, 9.17) is 4.74 Å². The average Bonchev–Trinajstić information content (AvgIpc) is 1.88. The largest absolute Gasteiger partial charge is 0.497 e. The average molecular weight is 188 g/mol. The SMILES string of the molecule is COc1cccc(C)c1.[Zn]. The van der Waals surface area contributed by atoms with Gasteiger partial charge in [0.2, 0.25) is 0 Å². The predicted molar refractivity (Wildman–Crippen MR) is 37.7 cm³/mol. The normalized spacial score (nSPS) is 8.20. The first-order valence-corrected chi connectivity index (χ1v) is 2.93. The monoisotopic (exact) mass is 186 g/mol. The molecule has 0 heterocycles. The molecule has 2 heteroatoms. The maximum Gasteiger partial charge on any atom is 0.119 e. The summed E-state index contributed by atoms with van der Waals surface area (Å²) in [6.45, 7) is 2.04. The second kappa shape index (κ2) is 4.46. The van der Waals surface area contributed by atoms with Crippen LogP contribution in [-0.4, -0.2) is 7.11 Å². The molecule has 1 aromatic rings. The van der Waals surface area contributed by atoms with E-state index in [1.54, 1.807) is 7.11 Å². The third-order valence-electron chi connectivity index (χ3n) is 1.23. The van der Waals surface area contributed by atoms with Crippen LogP contribution in [0.25, 0.3) is 0 Å². The van der Waals surface area contributed by atoms with Gasteiger partial charge in [-0.2, -0.15) is 0 Å². The van der Waals surface area contributed by atoms with Crippen molar-refractivity contribution in [1.29, 1.82) is 0 Å². The van der Waals surface area contributed by atoms with Gasteiger partial charge in [-0.25, -0.2) is 0 Å². The zero-order valence-electron chi connectivity index (χ0n) is 6.42. The Hall–Kier alpha value is -0.357. The van der Waals surface area contributed by atoms with Crippen molar-refractivity contribution >= 4 is 0 Å². The van der Waals surface area contributed by atoms with E-state index in [1.807, 2.05) is 31.2 Å². The molecule has 0 aromatic heterocycles. The molecule has 0 spiro atoms. The summed E-state index contributed by atoms with van der Waals surface area (Å²) in [4.78, 5) is 0. The van der Waals surface area contributed by atoms with E-state index in [2.05, 4.69) is 0 Å². The molecule has 50 valence electrons. The fraction of sp³-hybridized carbons (Fsp3) is 0.250. The maximum atomic E-state index is 5.00. The van der Waals surface area contributed by atoms with Gasteiger partial charge in [-0.15, -0.1) is 0 Å². The van der Waals surface area contributed by atoms with Gasteiger partial charge in [0.1, 0.15) is 5.75 Å². The second-order valence-electron chi connectivity index (χ2n) is 2.02. The fourth-order valence-electron chi connectivity index (χ4n) is 0.742. The molecule has 0 aliphatic heterocycles. The maximum absolute atomic E-state index is 5.00. The third kappa shape index (κ3) is 2.49. The number of ether oxygens (including phenoxy) is 1. The molecule has 0 saturated carbocycles. The molecule has 10 heavy (non-hydrogen) atoms. The molecule has 0 aliphatic rings. The quantitative estimate of drug-likeness (QED) is 0.611. The molecule has 1 rings (SSSR count). The van der Waals surface area contributed by atoms with Gasteiger partial charge < -0.3 is 4.74 Å². The predicted octanol–water partition coefficient (Wildman–Crippen LogP) is 2.00. The Morgan fingerprint density at radius 1 is 1.30 bits per heavy atom.